The van der Waals surface area contributed by atoms with E-state index in [9.17, 15) is 9.18 Å². The first kappa shape index (κ1) is 13.6. The first-order chi connectivity index (χ1) is 9.13. The molecule has 0 spiro atoms. The third kappa shape index (κ3) is 2.93. The molecule has 0 aliphatic rings. The van der Waals surface area contributed by atoms with Crippen LogP contribution in [0.15, 0.2) is 42.5 Å². The summed E-state index contributed by atoms with van der Waals surface area (Å²) in [6.07, 6.45) is 0. The van der Waals surface area contributed by atoms with Gasteiger partial charge >= 0.3 is 0 Å². The second-order valence-corrected chi connectivity index (χ2v) is 4.32. The average molecular weight is 279 g/mol. The van der Waals surface area contributed by atoms with Gasteiger partial charge in [0.1, 0.15) is 11.6 Å². The number of ketones is 1. The van der Waals surface area contributed by atoms with Gasteiger partial charge in [-0.25, -0.2) is 4.39 Å². The van der Waals surface area contributed by atoms with Crippen molar-refractivity contribution in [2.75, 3.05) is 6.61 Å². The maximum Gasteiger partial charge on any atom is 0.199 e. The zero-order valence-corrected chi connectivity index (χ0v) is 11.1. The summed E-state index contributed by atoms with van der Waals surface area (Å²) in [5.41, 5.74) is 0.269. The number of halogens is 2. The zero-order chi connectivity index (χ0) is 13.8. The fourth-order valence-corrected chi connectivity index (χ4v) is 1.92. The van der Waals surface area contributed by atoms with Crippen LogP contribution in [-0.2, 0) is 0 Å². The van der Waals surface area contributed by atoms with E-state index >= 15 is 0 Å². The molecule has 0 atom stereocenters. The highest BCUT2D eigenvalue weighted by molar-refractivity contribution is 6.31. The van der Waals surface area contributed by atoms with E-state index in [4.69, 9.17) is 16.3 Å². The average Bonchev–Trinajstić information content (AvgIpc) is 2.42. The molecule has 0 saturated carbocycles. The molecule has 0 amide bonds. The quantitative estimate of drug-likeness (QED) is 0.787. The van der Waals surface area contributed by atoms with Gasteiger partial charge in [-0.05, 0) is 37.3 Å². The predicted molar refractivity (Wildman–Crippen MR) is 72.5 cm³/mol. The van der Waals surface area contributed by atoms with Crippen LogP contribution in [0.25, 0.3) is 0 Å². The van der Waals surface area contributed by atoms with Crippen molar-refractivity contribution < 1.29 is 13.9 Å². The van der Waals surface area contributed by atoms with Crippen LogP contribution in [0.1, 0.15) is 22.8 Å². The molecule has 19 heavy (non-hydrogen) atoms. The molecular weight excluding hydrogens is 267 g/mol. The highest BCUT2D eigenvalue weighted by Gasteiger charge is 2.18. The van der Waals surface area contributed by atoms with Crippen molar-refractivity contribution >= 4 is 17.4 Å². The summed E-state index contributed by atoms with van der Waals surface area (Å²) in [6.45, 7) is 2.25. The molecule has 0 radical (unpaired) electrons. The Morgan fingerprint density at radius 2 is 1.95 bits per heavy atom. The number of carbonyl (C=O) groups excluding carboxylic acids is 1. The van der Waals surface area contributed by atoms with Crippen LogP contribution in [0.3, 0.4) is 0 Å². The van der Waals surface area contributed by atoms with E-state index in [1.165, 1.54) is 18.2 Å². The molecule has 2 rings (SSSR count). The van der Waals surface area contributed by atoms with Crippen LogP contribution in [0, 0.1) is 5.82 Å². The summed E-state index contributed by atoms with van der Waals surface area (Å²) in [5, 5.41) is 0.318. The molecule has 0 N–H and O–H groups in total. The minimum atomic E-state index is -0.597. The van der Waals surface area contributed by atoms with Gasteiger partial charge in [-0.15, -0.1) is 0 Å². The Labute approximate surface area is 115 Å². The van der Waals surface area contributed by atoms with Gasteiger partial charge in [-0.2, -0.15) is 0 Å². The molecule has 0 aromatic heterocycles. The first-order valence-electron chi connectivity index (χ1n) is 5.85. The normalized spacial score (nSPS) is 10.3. The van der Waals surface area contributed by atoms with E-state index in [1.807, 2.05) is 6.92 Å². The van der Waals surface area contributed by atoms with Crippen LogP contribution in [0.4, 0.5) is 4.39 Å². The largest absolute Gasteiger partial charge is 0.493 e. The van der Waals surface area contributed by atoms with Crippen LogP contribution in [0.2, 0.25) is 5.02 Å². The minimum Gasteiger partial charge on any atom is -0.493 e. The number of hydrogen-bond acceptors (Lipinski definition) is 2. The summed E-state index contributed by atoms with van der Waals surface area (Å²) in [4.78, 5) is 12.3. The third-order valence-electron chi connectivity index (χ3n) is 2.60. The maximum atomic E-state index is 13.7. The second-order valence-electron chi connectivity index (χ2n) is 3.88. The Kier molecular flexibility index (Phi) is 4.17. The van der Waals surface area contributed by atoms with Crippen molar-refractivity contribution in [2.45, 2.75) is 6.92 Å². The number of ether oxygens (including phenoxy) is 1. The molecular formula is C15H12ClFO2. The van der Waals surface area contributed by atoms with Gasteiger partial charge in [0.25, 0.3) is 0 Å². The van der Waals surface area contributed by atoms with E-state index in [1.54, 1.807) is 24.3 Å². The molecule has 0 fully saturated rings. The van der Waals surface area contributed by atoms with Gasteiger partial charge < -0.3 is 4.74 Å². The highest BCUT2D eigenvalue weighted by atomic mass is 35.5. The number of benzene rings is 2. The minimum absolute atomic E-state index is 0.0559. The lowest BCUT2D eigenvalue weighted by Crippen LogP contribution is -2.07. The molecule has 0 aliphatic carbocycles. The molecule has 2 aromatic rings. The molecule has 0 heterocycles. The number of carbonyl (C=O) groups is 1. The van der Waals surface area contributed by atoms with Crippen molar-refractivity contribution in [3.05, 3.63) is 64.4 Å². The fourth-order valence-electron chi connectivity index (χ4n) is 1.75. The van der Waals surface area contributed by atoms with Gasteiger partial charge in [0.05, 0.1) is 17.7 Å². The molecule has 2 nitrogen and oxygen atoms in total. The van der Waals surface area contributed by atoms with E-state index in [2.05, 4.69) is 0 Å². The van der Waals surface area contributed by atoms with Gasteiger partial charge in [0, 0.05) is 5.02 Å². The predicted octanol–water partition coefficient (Wildman–Crippen LogP) is 4.11. The van der Waals surface area contributed by atoms with Crippen molar-refractivity contribution in [1.82, 2.24) is 0 Å². The third-order valence-corrected chi connectivity index (χ3v) is 2.84. The Balaban J connectivity index is 2.47. The zero-order valence-electron chi connectivity index (χ0n) is 10.3. The first-order valence-corrected chi connectivity index (χ1v) is 6.23. The van der Waals surface area contributed by atoms with Gasteiger partial charge in [0.2, 0.25) is 0 Å². The molecule has 2 aromatic carbocycles. The smallest absolute Gasteiger partial charge is 0.199 e. The van der Waals surface area contributed by atoms with Crippen LogP contribution in [0.5, 0.6) is 5.75 Å². The monoisotopic (exact) mass is 278 g/mol. The van der Waals surface area contributed by atoms with Gasteiger partial charge in [0.15, 0.2) is 5.78 Å². The number of hydrogen-bond donors (Lipinski definition) is 0. The maximum absolute atomic E-state index is 13.7. The van der Waals surface area contributed by atoms with E-state index in [0.717, 1.165) is 0 Å². The lowest BCUT2D eigenvalue weighted by molar-refractivity contribution is 0.103. The van der Waals surface area contributed by atoms with Crippen molar-refractivity contribution in [2.24, 2.45) is 0 Å². The lowest BCUT2D eigenvalue weighted by Gasteiger charge is -2.09. The molecule has 4 heteroatoms. The Hall–Kier alpha value is -1.87. The van der Waals surface area contributed by atoms with Crippen LogP contribution < -0.4 is 4.74 Å². The Morgan fingerprint density at radius 1 is 1.21 bits per heavy atom. The SMILES string of the molecule is CCOc1ccccc1C(=O)c1cc(Cl)ccc1F. The summed E-state index contributed by atoms with van der Waals surface area (Å²) < 4.78 is 19.1. The summed E-state index contributed by atoms with van der Waals surface area (Å²) >= 11 is 5.80. The molecule has 98 valence electrons. The summed E-state index contributed by atoms with van der Waals surface area (Å²) in [5.74, 6) is -0.598. The summed E-state index contributed by atoms with van der Waals surface area (Å²) in [6, 6.07) is 10.7. The van der Waals surface area contributed by atoms with Crippen molar-refractivity contribution in [3.63, 3.8) is 0 Å². The van der Waals surface area contributed by atoms with E-state index in [0.29, 0.717) is 22.9 Å². The van der Waals surface area contributed by atoms with E-state index < -0.39 is 11.6 Å². The van der Waals surface area contributed by atoms with E-state index in [-0.39, 0.29) is 5.56 Å². The van der Waals surface area contributed by atoms with Gasteiger partial charge in [-0.3, -0.25) is 4.79 Å². The standard InChI is InChI=1S/C15H12ClFO2/c1-2-19-14-6-4-3-5-11(14)15(18)12-9-10(16)7-8-13(12)17/h3-9H,2H2,1H3. The van der Waals surface area contributed by atoms with Crippen molar-refractivity contribution in [1.29, 1.82) is 0 Å². The number of para-hydroxylation sites is 1. The van der Waals surface area contributed by atoms with Crippen molar-refractivity contribution in [3.8, 4) is 5.75 Å². The number of rotatable bonds is 4. The Morgan fingerprint density at radius 3 is 2.68 bits per heavy atom. The Bertz CT molecular complexity index is 611. The molecule has 0 unspecified atom stereocenters. The molecule has 0 bridgehead atoms. The highest BCUT2D eigenvalue weighted by Crippen LogP contribution is 2.24. The summed E-state index contributed by atoms with van der Waals surface area (Å²) in [7, 11) is 0. The molecule has 0 aliphatic heterocycles. The van der Waals surface area contributed by atoms with Crippen LogP contribution in [-0.4, -0.2) is 12.4 Å². The molecule has 0 saturated heterocycles. The topological polar surface area (TPSA) is 26.3 Å². The fraction of sp³-hybridized carbons (Fsp3) is 0.133. The second kappa shape index (κ2) is 5.85. The van der Waals surface area contributed by atoms with Crippen LogP contribution >= 0.6 is 11.6 Å². The van der Waals surface area contributed by atoms with Gasteiger partial charge in [-0.1, -0.05) is 23.7 Å². The lowest BCUT2D eigenvalue weighted by atomic mass is 10.0.